The summed E-state index contributed by atoms with van der Waals surface area (Å²) in [6.07, 6.45) is 0. The number of ether oxygens (including phenoxy) is 3. The van der Waals surface area contributed by atoms with Crippen LogP contribution in [0.15, 0.2) is 27.7 Å². The number of nitrogens with zero attached hydrogens (tertiary/aromatic N) is 3. The minimum absolute atomic E-state index is 0.207. The summed E-state index contributed by atoms with van der Waals surface area (Å²) in [5.41, 5.74) is -0.229. The first kappa shape index (κ1) is 20.0. The van der Waals surface area contributed by atoms with Gasteiger partial charge in [0, 0.05) is 0 Å². The Kier molecular flexibility index (Phi) is 6.12. The van der Waals surface area contributed by atoms with Gasteiger partial charge in [0.25, 0.3) is 0 Å². The molecule has 2 rings (SSSR count). The van der Waals surface area contributed by atoms with E-state index in [9.17, 15) is 9.59 Å². The van der Waals surface area contributed by atoms with Crippen LogP contribution < -0.4 is 15.2 Å². The van der Waals surface area contributed by atoms with E-state index < -0.39 is 17.1 Å². The summed E-state index contributed by atoms with van der Waals surface area (Å²) >= 11 is 3.23. The van der Waals surface area contributed by atoms with Crippen molar-refractivity contribution in [3.05, 3.63) is 39.0 Å². The van der Waals surface area contributed by atoms with Crippen molar-refractivity contribution < 1.29 is 19.0 Å². The van der Waals surface area contributed by atoms with Crippen LogP contribution in [0, 0.1) is 5.41 Å². The lowest BCUT2D eigenvalue weighted by Crippen LogP contribution is -2.29. The number of carbonyl (C=O) groups is 1. The maximum atomic E-state index is 12.5. The van der Waals surface area contributed by atoms with Crippen LogP contribution in [0.5, 0.6) is 11.5 Å². The summed E-state index contributed by atoms with van der Waals surface area (Å²) in [4.78, 5) is 24.4. The topological polar surface area (TPSA) is 84.6 Å². The van der Waals surface area contributed by atoms with Crippen LogP contribution in [0.4, 0.5) is 0 Å². The predicted molar refractivity (Wildman–Crippen MR) is 98.4 cm³/mol. The molecular weight excluding hydrogens is 406 g/mol. The van der Waals surface area contributed by atoms with Crippen LogP contribution >= 0.6 is 15.9 Å². The van der Waals surface area contributed by atoms with Crippen LogP contribution in [0.2, 0.25) is 0 Å². The summed E-state index contributed by atoms with van der Waals surface area (Å²) in [5.74, 6) is 0.768. The van der Waals surface area contributed by atoms with E-state index in [1.165, 1.54) is 9.25 Å². The fourth-order valence-electron chi connectivity index (χ4n) is 2.12. The minimum Gasteiger partial charge on any atom is -0.493 e. The third kappa shape index (κ3) is 4.46. The lowest BCUT2D eigenvalue weighted by molar-refractivity contribution is -0.157. The molecule has 0 saturated carbocycles. The Morgan fingerprint density at radius 1 is 1.19 bits per heavy atom. The third-order valence-corrected chi connectivity index (χ3v) is 4.18. The van der Waals surface area contributed by atoms with Gasteiger partial charge in [-0.25, -0.2) is 14.0 Å². The fourth-order valence-corrected chi connectivity index (χ4v) is 2.56. The molecule has 0 fully saturated rings. The number of hydrogen-bond acceptors (Lipinski definition) is 6. The van der Waals surface area contributed by atoms with Gasteiger partial charge in [-0.05, 0) is 54.4 Å². The highest BCUT2D eigenvalue weighted by Crippen LogP contribution is 2.27. The molecule has 142 valence electrons. The van der Waals surface area contributed by atoms with Crippen LogP contribution in [-0.2, 0) is 22.8 Å². The molecule has 0 N–H and O–H groups in total. The number of aromatic nitrogens is 3. The van der Waals surface area contributed by atoms with Crippen molar-refractivity contribution in [2.75, 3.05) is 14.2 Å². The number of rotatable bonds is 6. The standard InChI is InChI=1S/C17H22BrN3O5/c1-17(2,3)14(22)26-10-20-15(18)19-21(16(20)23)9-11-6-7-12(24-4)13(8-11)25-5/h6-8H,9-10H2,1-5H3. The van der Waals surface area contributed by atoms with Crippen molar-refractivity contribution >= 4 is 21.9 Å². The summed E-state index contributed by atoms with van der Waals surface area (Å²) < 4.78 is 18.5. The Bertz CT molecular complexity index is 851. The van der Waals surface area contributed by atoms with Crippen LogP contribution in [0.1, 0.15) is 26.3 Å². The summed E-state index contributed by atoms with van der Waals surface area (Å²) in [6, 6.07) is 5.36. The van der Waals surface area contributed by atoms with Gasteiger partial charge < -0.3 is 14.2 Å². The number of halogens is 1. The predicted octanol–water partition coefficient (Wildman–Crippen LogP) is 2.42. The molecule has 1 heterocycles. The molecule has 0 spiro atoms. The number of methoxy groups -OCH3 is 2. The number of esters is 1. The molecule has 0 saturated heterocycles. The molecule has 0 aliphatic carbocycles. The van der Waals surface area contributed by atoms with E-state index in [1.54, 1.807) is 47.1 Å². The molecule has 1 aromatic carbocycles. The first-order valence-corrected chi connectivity index (χ1v) is 8.68. The Morgan fingerprint density at radius 3 is 2.42 bits per heavy atom. The monoisotopic (exact) mass is 427 g/mol. The van der Waals surface area contributed by atoms with Gasteiger partial charge in [-0.3, -0.25) is 4.79 Å². The quantitative estimate of drug-likeness (QED) is 0.658. The maximum Gasteiger partial charge on any atom is 0.349 e. The highest BCUT2D eigenvalue weighted by Gasteiger charge is 2.24. The van der Waals surface area contributed by atoms with Crippen LogP contribution in [0.3, 0.4) is 0 Å². The minimum atomic E-state index is -0.647. The van der Waals surface area contributed by atoms with Crippen LogP contribution in [-0.4, -0.2) is 34.5 Å². The van der Waals surface area contributed by atoms with Crippen molar-refractivity contribution in [1.29, 1.82) is 0 Å². The molecule has 0 aliphatic rings. The third-order valence-electron chi connectivity index (χ3n) is 3.60. The molecule has 0 radical (unpaired) electrons. The number of carbonyl (C=O) groups excluding carboxylic acids is 1. The van der Waals surface area contributed by atoms with Crippen LogP contribution in [0.25, 0.3) is 0 Å². The van der Waals surface area contributed by atoms with Gasteiger partial charge in [-0.2, -0.15) is 0 Å². The van der Waals surface area contributed by atoms with Crippen molar-refractivity contribution in [3.63, 3.8) is 0 Å². The molecule has 0 amide bonds. The molecule has 0 atom stereocenters. The van der Waals surface area contributed by atoms with Crippen molar-refractivity contribution in [1.82, 2.24) is 14.3 Å². The van der Waals surface area contributed by atoms with Crippen molar-refractivity contribution in [2.45, 2.75) is 34.0 Å². The lowest BCUT2D eigenvalue weighted by atomic mass is 9.98. The van der Waals surface area contributed by atoms with E-state index in [0.717, 1.165) is 5.56 Å². The highest BCUT2D eigenvalue weighted by molar-refractivity contribution is 9.10. The average molecular weight is 428 g/mol. The Labute approximate surface area is 159 Å². The first-order valence-electron chi connectivity index (χ1n) is 7.88. The van der Waals surface area contributed by atoms with Gasteiger partial charge >= 0.3 is 11.7 Å². The zero-order valence-electron chi connectivity index (χ0n) is 15.4. The normalized spacial score (nSPS) is 11.3. The zero-order valence-corrected chi connectivity index (χ0v) is 17.0. The Balaban J connectivity index is 2.20. The zero-order chi connectivity index (χ0) is 19.5. The summed E-state index contributed by atoms with van der Waals surface area (Å²) in [6.45, 7) is 5.26. The van der Waals surface area contributed by atoms with Crippen molar-refractivity contribution in [2.24, 2.45) is 5.41 Å². The van der Waals surface area contributed by atoms with E-state index >= 15 is 0 Å². The molecule has 8 nitrogen and oxygen atoms in total. The van der Waals surface area contributed by atoms with E-state index in [-0.39, 0.29) is 18.0 Å². The molecule has 1 aromatic heterocycles. The van der Waals surface area contributed by atoms with Gasteiger partial charge in [0.2, 0.25) is 4.73 Å². The van der Waals surface area contributed by atoms with E-state index in [0.29, 0.717) is 11.5 Å². The first-order chi connectivity index (χ1) is 12.2. The number of benzene rings is 1. The largest absolute Gasteiger partial charge is 0.493 e. The molecule has 2 aromatic rings. The molecule has 26 heavy (non-hydrogen) atoms. The second-order valence-corrected chi connectivity index (χ2v) is 7.35. The molecule has 9 heteroatoms. The molecule has 0 aliphatic heterocycles. The average Bonchev–Trinajstić information content (AvgIpc) is 2.85. The Morgan fingerprint density at radius 2 is 1.85 bits per heavy atom. The van der Waals surface area contributed by atoms with E-state index in [2.05, 4.69) is 21.0 Å². The SMILES string of the molecule is COc1ccc(Cn2nc(Br)n(COC(=O)C(C)(C)C)c2=O)cc1OC. The van der Waals surface area contributed by atoms with Crippen molar-refractivity contribution in [3.8, 4) is 11.5 Å². The second-order valence-electron chi connectivity index (χ2n) is 6.64. The summed E-state index contributed by atoms with van der Waals surface area (Å²) in [5, 5.41) is 4.16. The van der Waals surface area contributed by atoms with Gasteiger partial charge in [0.05, 0.1) is 26.2 Å². The van der Waals surface area contributed by atoms with Gasteiger partial charge in [0.15, 0.2) is 18.2 Å². The maximum absolute atomic E-state index is 12.5. The van der Waals surface area contributed by atoms with E-state index in [1.807, 2.05) is 6.07 Å². The molecule has 0 bridgehead atoms. The lowest BCUT2D eigenvalue weighted by Gasteiger charge is -2.16. The van der Waals surface area contributed by atoms with E-state index in [4.69, 9.17) is 14.2 Å². The number of hydrogen-bond donors (Lipinski definition) is 0. The molecule has 0 unspecified atom stereocenters. The van der Waals surface area contributed by atoms with Gasteiger partial charge in [0.1, 0.15) is 0 Å². The fraction of sp³-hybridized carbons (Fsp3) is 0.471. The molecular formula is C17H22BrN3O5. The smallest absolute Gasteiger partial charge is 0.349 e. The second kappa shape index (κ2) is 7.94. The van der Waals surface area contributed by atoms with Gasteiger partial charge in [-0.15, -0.1) is 5.10 Å². The van der Waals surface area contributed by atoms with Gasteiger partial charge in [-0.1, -0.05) is 6.07 Å². The summed E-state index contributed by atoms with van der Waals surface area (Å²) in [7, 11) is 3.10. The highest BCUT2D eigenvalue weighted by atomic mass is 79.9. The Hall–Kier alpha value is -2.29.